The van der Waals surface area contributed by atoms with Crippen LogP contribution in [0.1, 0.15) is 34.7 Å². The van der Waals surface area contributed by atoms with Gasteiger partial charge in [0.15, 0.2) is 6.29 Å². The SMILES string of the molecule is COc1ccccc1-c1c(C2CC2)c(C=O)cn1S(=O)(=O)c1cccnc1. The molecule has 2 aromatic heterocycles. The summed E-state index contributed by atoms with van der Waals surface area (Å²) in [6.45, 7) is 0. The van der Waals surface area contributed by atoms with E-state index in [1.807, 2.05) is 18.2 Å². The number of nitrogens with zero attached hydrogens (tertiary/aromatic N) is 2. The van der Waals surface area contributed by atoms with E-state index in [1.165, 1.54) is 28.6 Å². The van der Waals surface area contributed by atoms with Crippen molar-refractivity contribution in [1.82, 2.24) is 8.96 Å². The molecular formula is C20H18N2O4S. The van der Waals surface area contributed by atoms with E-state index in [-0.39, 0.29) is 10.8 Å². The molecule has 0 aliphatic heterocycles. The first kappa shape index (κ1) is 17.5. The van der Waals surface area contributed by atoms with Crippen LogP contribution < -0.4 is 4.74 Å². The van der Waals surface area contributed by atoms with Gasteiger partial charge in [-0.05, 0) is 48.6 Å². The molecular weight excluding hydrogens is 364 g/mol. The molecule has 2 heterocycles. The largest absolute Gasteiger partial charge is 0.496 e. The van der Waals surface area contributed by atoms with Gasteiger partial charge in [-0.15, -0.1) is 0 Å². The number of aldehydes is 1. The molecule has 0 bridgehead atoms. The van der Waals surface area contributed by atoms with Gasteiger partial charge >= 0.3 is 0 Å². The molecule has 1 saturated carbocycles. The van der Waals surface area contributed by atoms with E-state index < -0.39 is 10.0 Å². The van der Waals surface area contributed by atoms with Crippen molar-refractivity contribution in [3.8, 4) is 17.0 Å². The number of aromatic nitrogens is 2. The highest BCUT2D eigenvalue weighted by Crippen LogP contribution is 2.48. The number of methoxy groups -OCH3 is 1. The molecule has 0 amide bonds. The number of rotatable bonds is 6. The van der Waals surface area contributed by atoms with E-state index in [0.717, 1.165) is 24.7 Å². The number of carbonyl (C=O) groups is 1. The van der Waals surface area contributed by atoms with Crippen LogP contribution in [0.25, 0.3) is 11.3 Å². The molecule has 0 saturated heterocycles. The fourth-order valence-electron chi connectivity index (χ4n) is 3.32. The van der Waals surface area contributed by atoms with Crippen molar-refractivity contribution in [1.29, 1.82) is 0 Å². The van der Waals surface area contributed by atoms with Gasteiger partial charge in [0, 0.05) is 29.7 Å². The third-order valence-corrected chi connectivity index (χ3v) is 6.35. The smallest absolute Gasteiger partial charge is 0.269 e. The quantitative estimate of drug-likeness (QED) is 0.610. The predicted molar refractivity (Wildman–Crippen MR) is 101 cm³/mol. The highest BCUT2D eigenvalue weighted by Gasteiger charge is 2.35. The number of hydrogen-bond acceptors (Lipinski definition) is 5. The Kier molecular flexibility index (Phi) is 4.31. The van der Waals surface area contributed by atoms with Crippen molar-refractivity contribution in [2.75, 3.05) is 7.11 Å². The van der Waals surface area contributed by atoms with Gasteiger partial charge in [0.25, 0.3) is 10.0 Å². The van der Waals surface area contributed by atoms with E-state index in [2.05, 4.69) is 4.98 Å². The molecule has 1 aromatic carbocycles. The molecule has 0 spiro atoms. The molecule has 0 radical (unpaired) electrons. The Bertz CT molecular complexity index is 1100. The van der Waals surface area contributed by atoms with Crippen molar-refractivity contribution in [3.05, 3.63) is 66.1 Å². The summed E-state index contributed by atoms with van der Waals surface area (Å²) >= 11 is 0. The van der Waals surface area contributed by atoms with E-state index in [4.69, 9.17) is 4.74 Å². The van der Waals surface area contributed by atoms with Crippen LogP contribution >= 0.6 is 0 Å². The predicted octanol–water partition coefficient (Wildman–Crippen LogP) is 3.49. The zero-order chi connectivity index (χ0) is 19.0. The summed E-state index contributed by atoms with van der Waals surface area (Å²) in [5.74, 6) is 0.730. The van der Waals surface area contributed by atoms with Gasteiger partial charge in [0.1, 0.15) is 10.6 Å². The van der Waals surface area contributed by atoms with Gasteiger partial charge in [-0.3, -0.25) is 9.78 Å². The normalized spacial score (nSPS) is 14.1. The molecule has 4 rings (SSSR count). The van der Waals surface area contributed by atoms with Gasteiger partial charge < -0.3 is 4.74 Å². The van der Waals surface area contributed by atoms with E-state index in [1.54, 1.807) is 19.2 Å². The topological polar surface area (TPSA) is 78.3 Å². The third kappa shape index (κ3) is 2.94. The van der Waals surface area contributed by atoms with Crippen LogP contribution in [-0.2, 0) is 10.0 Å². The Morgan fingerprint density at radius 2 is 1.96 bits per heavy atom. The first-order valence-corrected chi connectivity index (χ1v) is 10.0. The zero-order valence-corrected chi connectivity index (χ0v) is 15.5. The highest BCUT2D eigenvalue weighted by atomic mass is 32.2. The maximum atomic E-state index is 13.3. The van der Waals surface area contributed by atoms with Crippen LogP contribution in [0.2, 0.25) is 0 Å². The standard InChI is InChI=1S/C20H18N2O4S/c1-26-18-7-3-2-6-17(18)20-19(14-8-9-14)15(13-23)12-22(20)27(24,25)16-5-4-10-21-11-16/h2-7,10-14H,8-9H2,1H3. The summed E-state index contributed by atoms with van der Waals surface area (Å²) in [6, 6.07) is 10.3. The van der Waals surface area contributed by atoms with Crippen molar-refractivity contribution in [2.24, 2.45) is 0 Å². The average molecular weight is 382 g/mol. The second-order valence-corrected chi connectivity index (χ2v) is 8.24. The van der Waals surface area contributed by atoms with E-state index in [0.29, 0.717) is 22.6 Å². The molecule has 27 heavy (non-hydrogen) atoms. The third-order valence-electron chi connectivity index (χ3n) is 4.71. The Balaban J connectivity index is 2.05. The molecule has 138 valence electrons. The summed E-state index contributed by atoms with van der Waals surface area (Å²) in [5, 5.41) is 0. The average Bonchev–Trinajstić information content (AvgIpc) is 3.47. The number of benzene rings is 1. The Labute approximate surface area is 157 Å². The summed E-state index contributed by atoms with van der Waals surface area (Å²) in [7, 11) is -2.38. The number of para-hydroxylation sites is 1. The van der Waals surface area contributed by atoms with E-state index >= 15 is 0 Å². The minimum Gasteiger partial charge on any atom is -0.496 e. The summed E-state index contributed by atoms with van der Waals surface area (Å²) < 4.78 is 33.3. The maximum absolute atomic E-state index is 13.3. The van der Waals surface area contributed by atoms with Gasteiger partial charge in [-0.1, -0.05) is 12.1 Å². The fourth-order valence-corrected chi connectivity index (χ4v) is 4.68. The summed E-state index contributed by atoms with van der Waals surface area (Å²) in [5.41, 5.74) is 2.29. The van der Waals surface area contributed by atoms with Gasteiger partial charge in [0.2, 0.25) is 0 Å². The number of ether oxygens (including phenoxy) is 1. The molecule has 0 atom stereocenters. The second-order valence-electron chi connectivity index (χ2n) is 6.43. The van der Waals surface area contributed by atoms with Crippen LogP contribution in [0.3, 0.4) is 0 Å². The van der Waals surface area contributed by atoms with E-state index in [9.17, 15) is 13.2 Å². The lowest BCUT2D eigenvalue weighted by Gasteiger charge is -2.15. The number of carbonyl (C=O) groups excluding carboxylic acids is 1. The fraction of sp³-hybridized carbons (Fsp3) is 0.200. The zero-order valence-electron chi connectivity index (χ0n) is 14.7. The second kappa shape index (κ2) is 6.66. The molecule has 3 aromatic rings. The lowest BCUT2D eigenvalue weighted by molar-refractivity contribution is 0.112. The monoisotopic (exact) mass is 382 g/mol. The van der Waals surface area contributed by atoms with Gasteiger partial charge in [-0.2, -0.15) is 0 Å². The van der Waals surface area contributed by atoms with Crippen molar-refractivity contribution >= 4 is 16.3 Å². The van der Waals surface area contributed by atoms with Crippen molar-refractivity contribution in [2.45, 2.75) is 23.7 Å². The molecule has 7 heteroatoms. The Morgan fingerprint density at radius 3 is 2.59 bits per heavy atom. The molecule has 1 aliphatic carbocycles. The number of hydrogen-bond donors (Lipinski definition) is 0. The lowest BCUT2D eigenvalue weighted by Crippen LogP contribution is -2.14. The highest BCUT2D eigenvalue weighted by molar-refractivity contribution is 7.90. The van der Waals surface area contributed by atoms with Crippen LogP contribution in [0.4, 0.5) is 0 Å². The van der Waals surface area contributed by atoms with Crippen LogP contribution in [0, 0.1) is 0 Å². The van der Waals surface area contributed by atoms with Gasteiger partial charge in [0.05, 0.1) is 12.8 Å². The minimum atomic E-state index is -3.92. The Morgan fingerprint density at radius 1 is 1.19 bits per heavy atom. The first-order valence-electron chi connectivity index (χ1n) is 8.57. The molecule has 1 fully saturated rings. The number of pyridine rings is 1. The van der Waals surface area contributed by atoms with Gasteiger partial charge in [-0.25, -0.2) is 12.4 Å². The van der Waals surface area contributed by atoms with Crippen LogP contribution in [-0.4, -0.2) is 30.8 Å². The lowest BCUT2D eigenvalue weighted by atomic mass is 10.0. The summed E-state index contributed by atoms with van der Waals surface area (Å²) in [4.78, 5) is 15.7. The maximum Gasteiger partial charge on any atom is 0.269 e. The molecule has 6 nitrogen and oxygen atoms in total. The van der Waals surface area contributed by atoms with Crippen molar-refractivity contribution in [3.63, 3.8) is 0 Å². The first-order chi connectivity index (χ1) is 13.1. The van der Waals surface area contributed by atoms with Crippen molar-refractivity contribution < 1.29 is 17.9 Å². The van der Waals surface area contributed by atoms with Crippen LogP contribution in [0.5, 0.6) is 5.75 Å². The molecule has 0 N–H and O–H groups in total. The minimum absolute atomic E-state index is 0.0657. The van der Waals surface area contributed by atoms with Crippen LogP contribution in [0.15, 0.2) is 59.9 Å². The summed E-state index contributed by atoms with van der Waals surface area (Å²) in [6.07, 6.45) is 6.81. The Hall–Kier alpha value is -2.93. The molecule has 0 unspecified atom stereocenters. The molecule has 1 aliphatic rings.